The van der Waals surface area contributed by atoms with Crippen molar-refractivity contribution >= 4 is 11.9 Å². The second-order valence-electron chi connectivity index (χ2n) is 6.44. The molecule has 8 heteroatoms. The van der Waals surface area contributed by atoms with Gasteiger partial charge in [-0.15, -0.1) is 0 Å². The third-order valence-corrected chi connectivity index (χ3v) is 4.16. The molecule has 2 unspecified atom stereocenters. The van der Waals surface area contributed by atoms with Crippen LogP contribution in [-0.2, 0) is 19.0 Å². The molecule has 0 aliphatic rings. The van der Waals surface area contributed by atoms with Crippen LogP contribution < -0.4 is 4.74 Å². The molecule has 2 atom stereocenters. The lowest BCUT2D eigenvalue weighted by molar-refractivity contribution is -0.139. The molecule has 0 aliphatic carbocycles. The lowest BCUT2D eigenvalue weighted by atomic mass is 10.00. The van der Waals surface area contributed by atoms with Gasteiger partial charge in [-0.3, -0.25) is 4.79 Å². The first-order valence-electron chi connectivity index (χ1n) is 9.99. The van der Waals surface area contributed by atoms with Gasteiger partial charge in [0.1, 0.15) is 17.9 Å². The molecule has 0 amide bonds. The van der Waals surface area contributed by atoms with Gasteiger partial charge in [0, 0.05) is 0 Å². The van der Waals surface area contributed by atoms with Gasteiger partial charge in [-0.05, 0) is 25.0 Å². The Labute approximate surface area is 171 Å². The van der Waals surface area contributed by atoms with E-state index in [4.69, 9.17) is 24.1 Å². The summed E-state index contributed by atoms with van der Waals surface area (Å²) in [4.78, 5) is 24.8. The van der Waals surface area contributed by atoms with Crippen LogP contribution in [0.4, 0.5) is 0 Å². The monoisotopic (exact) mass is 412 g/mol. The maximum absolute atomic E-state index is 12.4. The first-order chi connectivity index (χ1) is 14.0. The number of carbonyl (C=O) groups excluding carboxylic acids is 2. The van der Waals surface area contributed by atoms with Gasteiger partial charge in [0.05, 0.1) is 32.3 Å². The first kappa shape index (κ1) is 25.0. The number of esters is 2. The Morgan fingerprint density at radius 1 is 1.07 bits per heavy atom. The van der Waals surface area contributed by atoms with Crippen molar-refractivity contribution in [2.45, 2.75) is 45.8 Å². The third kappa shape index (κ3) is 9.85. The SMILES string of the molecule is CCCCC(CC)C(=O)Oc1ccccc1C(=O)OC(O)COCCOCCO. The van der Waals surface area contributed by atoms with Crippen LogP contribution in [-0.4, -0.2) is 61.5 Å². The number of hydrogen-bond donors (Lipinski definition) is 2. The highest BCUT2D eigenvalue weighted by Gasteiger charge is 2.23. The van der Waals surface area contributed by atoms with Crippen molar-refractivity contribution in [3.8, 4) is 5.75 Å². The van der Waals surface area contributed by atoms with E-state index in [1.54, 1.807) is 12.1 Å². The van der Waals surface area contributed by atoms with E-state index in [2.05, 4.69) is 6.92 Å². The zero-order chi connectivity index (χ0) is 21.5. The minimum absolute atomic E-state index is 0.0523. The minimum atomic E-state index is -1.47. The summed E-state index contributed by atoms with van der Waals surface area (Å²) in [5, 5.41) is 18.4. The van der Waals surface area contributed by atoms with Crippen molar-refractivity contribution in [3.63, 3.8) is 0 Å². The van der Waals surface area contributed by atoms with E-state index in [1.165, 1.54) is 12.1 Å². The molecule has 29 heavy (non-hydrogen) atoms. The predicted molar refractivity (Wildman–Crippen MR) is 106 cm³/mol. The third-order valence-electron chi connectivity index (χ3n) is 4.16. The first-order valence-corrected chi connectivity index (χ1v) is 9.99. The number of aliphatic hydroxyl groups excluding tert-OH is 2. The predicted octanol–water partition coefficient (Wildman–Crippen LogP) is 2.31. The maximum atomic E-state index is 12.4. The van der Waals surface area contributed by atoms with Crippen LogP contribution in [0.15, 0.2) is 24.3 Å². The maximum Gasteiger partial charge on any atom is 0.344 e. The average Bonchev–Trinajstić information content (AvgIpc) is 2.71. The van der Waals surface area contributed by atoms with E-state index in [0.717, 1.165) is 19.3 Å². The van der Waals surface area contributed by atoms with Crippen molar-refractivity contribution in [3.05, 3.63) is 29.8 Å². The Balaban J connectivity index is 2.58. The molecule has 164 valence electrons. The van der Waals surface area contributed by atoms with E-state index < -0.39 is 12.3 Å². The van der Waals surface area contributed by atoms with E-state index in [9.17, 15) is 14.7 Å². The standard InChI is InChI=1S/C21H32O8/c1-3-5-8-16(4-2)20(24)28-18-10-7-6-9-17(18)21(25)29-19(23)15-27-14-13-26-12-11-22/h6-7,9-10,16,19,22-23H,3-5,8,11-15H2,1-2H3. The van der Waals surface area contributed by atoms with Gasteiger partial charge in [-0.2, -0.15) is 0 Å². The number of ether oxygens (including phenoxy) is 4. The highest BCUT2D eigenvalue weighted by Crippen LogP contribution is 2.23. The molecule has 0 bridgehead atoms. The van der Waals surface area contributed by atoms with Gasteiger partial charge < -0.3 is 29.2 Å². The number of para-hydroxylation sites is 1. The summed E-state index contributed by atoms with van der Waals surface area (Å²) in [5.41, 5.74) is 0.0523. The molecule has 0 spiro atoms. The van der Waals surface area contributed by atoms with E-state index >= 15 is 0 Å². The largest absolute Gasteiger partial charge is 0.430 e. The number of rotatable bonds is 15. The Morgan fingerprint density at radius 3 is 2.48 bits per heavy atom. The molecule has 0 heterocycles. The van der Waals surface area contributed by atoms with Crippen LogP contribution in [0, 0.1) is 5.92 Å². The molecule has 8 nitrogen and oxygen atoms in total. The molecule has 2 N–H and O–H groups in total. The molecular formula is C21H32O8. The molecule has 0 aromatic heterocycles. The van der Waals surface area contributed by atoms with Gasteiger partial charge in [-0.1, -0.05) is 38.8 Å². The van der Waals surface area contributed by atoms with Gasteiger partial charge in [0.15, 0.2) is 0 Å². The summed E-state index contributed by atoms with van der Waals surface area (Å²) in [6.45, 7) is 4.30. The zero-order valence-corrected chi connectivity index (χ0v) is 17.2. The second kappa shape index (κ2) is 14.9. The van der Waals surface area contributed by atoms with Crippen LogP contribution in [0.1, 0.15) is 49.9 Å². The number of carbonyl (C=O) groups is 2. The summed E-state index contributed by atoms with van der Waals surface area (Å²) in [6.07, 6.45) is 1.83. The van der Waals surface area contributed by atoms with Crippen LogP contribution in [0.3, 0.4) is 0 Å². The van der Waals surface area contributed by atoms with E-state index in [0.29, 0.717) is 6.42 Å². The Bertz CT molecular complexity index is 604. The molecule has 0 fully saturated rings. The topological polar surface area (TPSA) is 112 Å². The summed E-state index contributed by atoms with van der Waals surface area (Å²) in [7, 11) is 0. The fraction of sp³-hybridized carbons (Fsp3) is 0.619. The Morgan fingerprint density at radius 2 is 1.79 bits per heavy atom. The highest BCUT2D eigenvalue weighted by molar-refractivity contribution is 5.93. The quantitative estimate of drug-likeness (QED) is 0.195. The lowest BCUT2D eigenvalue weighted by Gasteiger charge is -2.16. The Kier molecular flexibility index (Phi) is 12.9. The average molecular weight is 412 g/mol. The molecule has 0 saturated carbocycles. The zero-order valence-electron chi connectivity index (χ0n) is 17.2. The molecular weight excluding hydrogens is 380 g/mol. The van der Waals surface area contributed by atoms with Crippen LogP contribution in [0.25, 0.3) is 0 Å². The fourth-order valence-electron chi connectivity index (χ4n) is 2.54. The molecule has 0 aliphatic heterocycles. The van der Waals surface area contributed by atoms with Gasteiger partial charge in [0.2, 0.25) is 6.29 Å². The van der Waals surface area contributed by atoms with Crippen molar-refractivity contribution in [1.29, 1.82) is 0 Å². The van der Waals surface area contributed by atoms with Gasteiger partial charge in [0.25, 0.3) is 0 Å². The lowest BCUT2D eigenvalue weighted by Crippen LogP contribution is -2.25. The van der Waals surface area contributed by atoms with Gasteiger partial charge >= 0.3 is 11.9 Å². The van der Waals surface area contributed by atoms with Gasteiger partial charge in [-0.25, -0.2) is 4.79 Å². The highest BCUT2D eigenvalue weighted by atomic mass is 16.7. The van der Waals surface area contributed by atoms with E-state index in [-0.39, 0.29) is 56.2 Å². The molecule has 1 aromatic rings. The van der Waals surface area contributed by atoms with Crippen LogP contribution in [0.2, 0.25) is 0 Å². The second-order valence-corrected chi connectivity index (χ2v) is 6.44. The van der Waals surface area contributed by atoms with Crippen LogP contribution >= 0.6 is 0 Å². The van der Waals surface area contributed by atoms with Crippen LogP contribution in [0.5, 0.6) is 5.75 Å². The van der Waals surface area contributed by atoms with Crippen molar-refractivity contribution in [1.82, 2.24) is 0 Å². The summed E-state index contributed by atoms with van der Waals surface area (Å²) in [6, 6.07) is 6.25. The number of hydrogen-bond acceptors (Lipinski definition) is 8. The normalized spacial score (nSPS) is 13.0. The number of benzene rings is 1. The molecule has 1 aromatic carbocycles. The van der Waals surface area contributed by atoms with Crippen molar-refractivity contribution < 1.29 is 38.7 Å². The number of aliphatic hydroxyl groups is 2. The van der Waals surface area contributed by atoms with Crippen molar-refractivity contribution in [2.24, 2.45) is 5.92 Å². The van der Waals surface area contributed by atoms with Crippen molar-refractivity contribution in [2.75, 3.05) is 33.0 Å². The fourth-order valence-corrected chi connectivity index (χ4v) is 2.54. The smallest absolute Gasteiger partial charge is 0.344 e. The summed E-state index contributed by atoms with van der Waals surface area (Å²) >= 11 is 0. The number of unbranched alkanes of at least 4 members (excludes halogenated alkanes) is 1. The van der Waals surface area contributed by atoms with E-state index in [1.807, 2.05) is 6.92 Å². The minimum Gasteiger partial charge on any atom is -0.430 e. The molecule has 1 rings (SSSR count). The Hall–Kier alpha value is -2.00. The summed E-state index contributed by atoms with van der Waals surface area (Å²) in [5.74, 6) is -1.33. The summed E-state index contributed by atoms with van der Waals surface area (Å²) < 4.78 is 20.5. The molecule has 0 radical (unpaired) electrons. The molecule has 0 saturated heterocycles.